The van der Waals surface area contributed by atoms with E-state index in [9.17, 15) is 13.2 Å². The Balaban J connectivity index is 0.00000196. The van der Waals surface area contributed by atoms with Crippen LogP contribution in [0.1, 0.15) is 18.4 Å². The topological polar surface area (TPSA) is 117 Å². The molecule has 0 saturated heterocycles. The SMILES string of the molecule is Cl.NS(=O)(=O)Nc1cccc(-c2ccnc3c2CN(C2CC2)C(=O)N3)c1. The first kappa shape index (κ1) is 18.4. The molecule has 26 heavy (non-hydrogen) atoms. The van der Waals surface area contributed by atoms with E-state index >= 15 is 0 Å². The molecule has 0 atom stereocenters. The molecule has 1 fully saturated rings. The van der Waals surface area contributed by atoms with Gasteiger partial charge in [0.05, 0.1) is 12.2 Å². The minimum Gasteiger partial charge on any atom is -0.317 e. The Morgan fingerprint density at radius 2 is 2.04 bits per heavy atom. The predicted molar refractivity (Wildman–Crippen MR) is 101 cm³/mol. The van der Waals surface area contributed by atoms with E-state index in [2.05, 4.69) is 15.0 Å². The van der Waals surface area contributed by atoms with Gasteiger partial charge in [0.25, 0.3) is 10.2 Å². The van der Waals surface area contributed by atoms with Crippen LogP contribution >= 0.6 is 12.4 Å². The normalized spacial score (nSPS) is 16.3. The zero-order valence-electron chi connectivity index (χ0n) is 13.7. The van der Waals surface area contributed by atoms with Crippen molar-refractivity contribution in [1.29, 1.82) is 0 Å². The fraction of sp³-hybridized carbons (Fsp3) is 0.250. The fourth-order valence-electron chi connectivity index (χ4n) is 3.04. The molecular weight excluding hydrogens is 378 g/mol. The predicted octanol–water partition coefficient (Wildman–Crippen LogP) is 2.30. The average Bonchev–Trinajstić information content (AvgIpc) is 3.37. The number of urea groups is 1. The van der Waals surface area contributed by atoms with Crippen molar-refractivity contribution in [3.63, 3.8) is 0 Å². The highest BCUT2D eigenvalue weighted by atomic mass is 35.5. The van der Waals surface area contributed by atoms with Crippen LogP contribution in [-0.4, -0.2) is 30.4 Å². The maximum atomic E-state index is 12.2. The highest BCUT2D eigenvalue weighted by Crippen LogP contribution is 2.37. The van der Waals surface area contributed by atoms with Gasteiger partial charge in [0, 0.05) is 17.8 Å². The minimum absolute atomic E-state index is 0. The minimum atomic E-state index is -3.84. The van der Waals surface area contributed by atoms with Crippen LogP contribution in [0, 0.1) is 0 Å². The van der Waals surface area contributed by atoms with E-state index in [-0.39, 0.29) is 24.5 Å². The fourth-order valence-corrected chi connectivity index (χ4v) is 3.50. The smallest absolute Gasteiger partial charge is 0.317 e. The highest BCUT2D eigenvalue weighted by Gasteiger charge is 2.36. The van der Waals surface area contributed by atoms with E-state index in [1.807, 2.05) is 17.0 Å². The second-order valence-electron chi connectivity index (χ2n) is 6.20. The van der Waals surface area contributed by atoms with E-state index in [0.29, 0.717) is 18.1 Å². The molecule has 4 N–H and O–H groups in total. The summed E-state index contributed by atoms with van der Waals surface area (Å²) in [7, 11) is -3.84. The number of benzene rings is 1. The first-order chi connectivity index (χ1) is 11.9. The van der Waals surface area contributed by atoms with Crippen molar-refractivity contribution in [2.75, 3.05) is 10.0 Å². The molecular formula is C16H18ClN5O3S. The molecule has 4 rings (SSSR count). The number of pyridine rings is 1. The van der Waals surface area contributed by atoms with Crippen molar-refractivity contribution >= 4 is 40.2 Å². The van der Waals surface area contributed by atoms with E-state index in [1.54, 1.807) is 24.4 Å². The third-order valence-corrected chi connectivity index (χ3v) is 4.81. The van der Waals surface area contributed by atoms with Gasteiger partial charge in [-0.25, -0.2) is 14.9 Å². The summed E-state index contributed by atoms with van der Waals surface area (Å²) in [5, 5.41) is 7.88. The van der Waals surface area contributed by atoms with Gasteiger partial charge in [-0.15, -0.1) is 12.4 Å². The summed E-state index contributed by atoms with van der Waals surface area (Å²) < 4.78 is 24.8. The molecule has 2 aromatic rings. The summed E-state index contributed by atoms with van der Waals surface area (Å²) in [6, 6.07) is 8.98. The van der Waals surface area contributed by atoms with Gasteiger partial charge in [-0.3, -0.25) is 10.0 Å². The number of carbonyl (C=O) groups is 1. The Hall–Kier alpha value is -2.36. The van der Waals surface area contributed by atoms with Crippen LogP contribution in [0.4, 0.5) is 16.3 Å². The molecule has 2 aliphatic rings. The number of fused-ring (bicyclic) bond motifs is 1. The summed E-state index contributed by atoms with van der Waals surface area (Å²) in [5.41, 5.74) is 3.01. The van der Waals surface area contributed by atoms with Crippen LogP contribution in [0.15, 0.2) is 36.5 Å². The molecule has 1 saturated carbocycles. The number of carbonyl (C=O) groups excluding carboxylic acids is 1. The van der Waals surface area contributed by atoms with Crippen LogP contribution in [0.3, 0.4) is 0 Å². The molecule has 2 heterocycles. The van der Waals surface area contributed by atoms with Crippen molar-refractivity contribution in [3.8, 4) is 11.1 Å². The molecule has 2 amide bonds. The quantitative estimate of drug-likeness (QED) is 0.736. The first-order valence-corrected chi connectivity index (χ1v) is 9.42. The molecule has 1 aliphatic heterocycles. The van der Waals surface area contributed by atoms with Gasteiger partial charge < -0.3 is 4.90 Å². The Kier molecular flexibility index (Phi) is 4.78. The number of aromatic nitrogens is 1. The van der Waals surface area contributed by atoms with Gasteiger partial charge in [0.15, 0.2) is 0 Å². The third-order valence-electron chi connectivity index (χ3n) is 4.29. The van der Waals surface area contributed by atoms with Gasteiger partial charge in [0.2, 0.25) is 0 Å². The number of nitrogens with two attached hydrogens (primary N) is 1. The summed E-state index contributed by atoms with van der Waals surface area (Å²) >= 11 is 0. The molecule has 0 radical (unpaired) electrons. The zero-order valence-corrected chi connectivity index (χ0v) is 15.3. The van der Waals surface area contributed by atoms with Crippen molar-refractivity contribution < 1.29 is 13.2 Å². The molecule has 8 nitrogen and oxygen atoms in total. The Labute approximate surface area is 157 Å². The molecule has 138 valence electrons. The number of amides is 2. The largest absolute Gasteiger partial charge is 0.323 e. The molecule has 0 unspecified atom stereocenters. The van der Waals surface area contributed by atoms with Crippen molar-refractivity contribution in [3.05, 3.63) is 42.1 Å². The van der Waals surface area contributed by atoms with E-state index in [4.69, 9.17) is 5.14 Å². The van der Waals surface area contributed by atoms with E-state index in [0.717, 1.165) is 29.5 Å². The van der Waals surface area contributed by atoms with Gasteiger partial charge in [-0.2, -0.15) is 8.42 Å². The first-order valence-electron chi connectivity index (χ1n) is 7.87. The lowest BCUT2D eigenvalue weighted by Gasteiger charge is -2.30. The molecule has 0 bridgehead atoms. The van der Waals surface area contributed by atoms with Crippen LogP contribution in [-0.2, 0) is 16.8 Å². The van der Waals surface area contributed by atoms with Crippen LogP contribution in [0.2, 0.25) is 0 Å². The number of anilines is 2. The van der Waals surface area contributed by atoms with Gasteiger partial charge in [-0.1, -0.05) is 12.1 Å². The number of nitrogens with one attached hydrogen (secondary N) is 2. The lowest BCUT2D eigenvalue weighted by Crippen LogP contribution is -2.40. The van der Waals surface area contributed by atoms with Crippen LogP contribution < -0.4 is 15.2 Å². The maximum absolute atomic E-state index is 12.2. The van der Waals surface area contributed by atoms with Crippen molar-refractivity contribution in [1.82, 2.24) is 9.88 Å². The summed E-state index contributed by atoms with van der Waals surface area (Å²) in [4.78, 5) is 18.3. The van der Waals surface area contributed by atoms with Crippen molar-refractivity contribution in [2.24, 2.45) is 5.14 Å². The Morgan fingerprint density at radius 3 is 2.73 bits per heavy atom. The third kappa shape index (κ3) is 3.74. The number of rotatable bonds is 4. The molecule has 1 aliphatic carbocycles. The maximum Gasteiger partial charge on any atom is 0.323 e. The summed E-state index contributed by atoms with van der Waals surface area (Å²) in [6.45, 7) is 0.488. The standard InChI is InChI=1S/C16H17N5O3S.ClH/c17-25(23,24)20-11-3-1-2-10(8-11)13-6-7-18-15-14(13)9-21(12-4-5-12)16(22)19-15;/h1-3,6-8,12,20H,4-5,9H2,(H2,17,23,24)(H,18,19,22);1H. The number of nitrogens with zero attached hydrogens (tertiary/aromatic N) is 2. The lowest BCUT2D eigenvalue weighted by molar-refractivity contribution is 0.203. The van der Waals surface area contributed by atoms with E-state index < -0.39 is 10.2 Å². The molecule has 1 aromatic carbocycles. The summed E-state index contributed by atoms with van der Waals surface area (Å²) in [6.07, 6.45) is 3.67. The monoisotopic (exact) mass is 395 g/mol. The van der Waals surface area contributed by atoms with Gasteiger partial charge >= 0.3 is 6.03 Å². The summed E-state index contributed by atoms with van der Waals surface area (Å²) in [5.74, 6) is 0.546. The van der Waals surface area contributed by atoms with E-state index in [1.165, 1.54) is 0 Å². The molecule has 10 heteroatoms. The highest BCUT2D eigenvalue weighted by molar-refractivity contribution is 7.90. The number of hydrogen-bond donors (Lipinski definition) is 3. The molecule has 0 spiro atoms. The second kappa shape index (κ2) is 6.75. The van der Waals surface area contributed by atoms with Gasteiger partial charge in [0.1, 0.15) is 5.82 Å². The number of halogens is 1. The van der Waals surface area contributed by atoms with Crippen molar-refractivity contribution in [2.45, 2.75) is 25.4 Å². The van der Waals surface area contributed by atoms with Crippen LogP contribution in [0.5, 0.6) is 0 Å². The number of hydrogen-bond acceptors (Lipinski definition) is 4. The Morgan fingerprint density at radius 1 is 1.27 bits per heavy atom. The Bertz CT molecular complexity index is 962. The average molecular weight is 396 g/mol. The molecule has 1 aromatic heterocycles. The lowest BCUT2D eigenvalue weighted by atomic mass is 9.99. The van der Waals surface area contributed by atoms with Gasteiger partial charge in [-0.05, 0) is 42.2 Å². The second-order valence-corrected chi connectivity index (χ2v) is 7.50. The van der Waals surface area contributed by atoms with Crippen LogP contribution in [0.25, 0.3) is 11.1 Å². The zero-order chi connectivity index (χ0) is 17.6.